The lowest BCUT2D eigenvalue weighted by Crippen LogP contribution is -2.38. The molecule has 0 radical (unpaired) electrons. The number of nitrogens with one attached hydrogen (secondary N) is 1. The van der Waals surface area contributed by atoms with Crippen LogP contribution >= 0.6 is 0 Å². The van der Waals surface area contributed by atoms with E-state index in [4.69, 9.17) is 4.74 Å². The van der Waals surface area contributed by atoms with E-state index in [1.54, 1.807) is 0 Å². The molecule has 6 nitrogen and oxygen atoms in total. The van der Waals surface area contributed by atoms with Gasteiger partial charge < -0.3 is 4.74 Å². The first kappa shape index (κ1) is 20.5. The third kappa shape index (κ3) is 4.51. The predicted molar refractivity (Wildman–Crippen MR) is 119 cm³/mol. The van der Waals surface area contributed by atoms with E-state index in [1.807, 2.05) is 43.3 Å². The molecule has 0 spiro atoms. The average molecular weight is 427 g/mol. The molecule has 1 aliphatic rings. The van der Waals surface area contributed by atoms with Gasteiger partial charge in [-0.25, -0.2) is 13.0 Å². The van der Waals surface area contributed by atoms with Gasteiger partial charge in [0.15, 0.2) is 5.69 Å². The zero-order valence-corrected chi connectivity index (χ0v) is 18.3. The van der Waals surface area contributed by atoms with Crippen molar-refractivity contribution < 1.29 is 17.7 Å². The molecule has 2 aromatic carbocycles. The van der Waals surface area contributed by atoms with Crippen LogP contribution < -0.4 is 14.0 Å². The number of anilines is 1. The van der Waals surface area contributed by atoms with E-state index in [0.717, 1.165) is 48.3 Å². The minimum absolute atomic E-state index is 0.572. The fraction of sp³-hybridized carbons (Fsp3) is 0.348. The SMILES string of the molecule is CCOc1ccc(-n2cc(-c3ccc(NS(C)(=O)=O)cc3)[n+]3c2CCCCC3)cc1. The number of rotatable bonds is 6. The van der Waals surface area contributed by atoms with Crippen LogP contribution in [0.2, 0.25) is 0 Å². The molecule has 2 heterocycles. The molecule has 0 fully saturated rings. The third-order valence-corrected chi connectivity index (χ3v) is 5.93. The number of nitrogens with zero attached hydrogens (tertiary/aromatic N) is 2. The minimum atomic E-state index is -3.28. The standard InChI is InChI=1S/C23H28N3O3S/c1-3-29-21-14-12-20(13-15-21)26-17-22(25-16-6-4-5-7-23(25)26)18-8-10-19(11-9-18)24-30(2,27)28/h8-15,17,24H,3-7,16H2,1-2H3/q+1. The second-order valence-corrected chi connectivity index (χ2v) is 9.39. The maximum atomic E-state index is 11.5. The van der Waals surface area contributed by atoms with Gasteiger partial charge in [0.1, 0.15) is 17.6 Å². The number of sulfonamides is 1. The lowest BCUT2D eigenvalue weighted by atomic mass is 10.1. The second kappa shape index (κ2) is 8.52. The van der Waals surface area contributed by atoms with Crippen LogP contribution in [0.15, 0.2) is 54.7 Å². The summed E-state index contributed by atoms with van der Waals surface area (Å²) >= 11 is 0. The summed E-state index contributed by atoms with van der Waals surface area (Å²) in [6, 6.07) is 15.8. The quantitative estimate of drug-likeness (QED) is 0.608. The van der Waals surface area contributed by atoms with Gasteiger partial charge in [0.05, 0.1) is 19.4 Å². The van der Waals surface area contributed by atoms with E-state index in [9.17, 15) is 8.42 Å². The van der Waals surface area contributed by atoms with E-state index >= 15 is 0 Å². The zero-order valence-electron chi connectivity index (χ0n) is 17.5. The smallest absolute Gasteiger partial charge is 0.262 e. The van der Waals surface area contributed by atoms with Gasteiger partial charge in [0.25, 0.3) is 5.82 Å². The van der Waals surface area contributed by atoms with E-state index < -0.39 is 10.0 Å². The molecule has 0 atom stereocenters. The number of ether oxygens (including phenoxy) is 1. The summed E-state index contributed by atoms with van der Waals surface area (Å²) in [4.78, 5) is 0. The van der Waals surface area contributed by atoms with Crippen LogP contribution in [0.4, 0.5) is 5.69 Å². The summed E-state index contributed by atoms with van der Waals surface area (Å²) in [5.41, 5.74) is 3.91. The van der Waals surface area contributed by atoms with E-state index in [1.165, 1.54) is 18.7 Å². The van der Waals surface area contributed by atoms with Crippen LogP contribution in [-0.2, 0) is 23.0 Å². The maximum absolute atomic E-state index is 11.5. The van der Waals surface area contributed by atoms with Gasteiger partial charge in [-0.2, -0.15) is 4.57 Å². The molecule has 0 saturated heterocycles. The van der Waals surface area contributed by atoms with Crippen LogP contribution in [0.5, 0.6) is 5.75 Å². The minimum Gasteiger partial charge on any atom is -0.494 e. The van der Waals surface area contributed by atoms with Gasteiger partial charge in [-0.05, 0) is 74.7 Å². The van der Waals surface area contributed by atoms with E-state index in [0.29, 0.717) is 12.3 Å². The molecule has 1 aliphatic heterocycles. The first-order chi connectivity index (χ1) is 14.4. The van der Waals surface area contributed by atoms with Crippen molar-refractivity contribution in [2.45, 2.75) is 39.2 Å². The molecule has 30 heavy (non-hydrogen) atoms. The molecule has 158 valence electrons. The van der Waals surface area contributed by atoms with Crippen molar-refractivity contribution in [3.05, 3.63) is 60.6 Å². The molecule has 0 unspecified atom stereocenters. The van der Waals surface area contributed by atoms with Gasteiger partial charge in [-0.3, -0.25) is 4.72 Å². The average Bonchev–Trinajstić information content (AvgIpc) is 2.90. The number of hydrogen-bond donors (Lipinski definition) is 1. The summed E-state index contributed by atoms with van der Waals surface area (Å²) < 4.78 is 35.8. The van der Waals surface area contributed by atoms with Crippen molar-refractivity contribution in [1.82, 2.24) is 4.57 Å². The summed E-state index contributed by atoms with van der Waals surface area (Å²) in [7, 11) is -3.28. The van der Waals surface area contributed by atoms with Crippen molar-refractivity contribution in [3.8, 4) is 22.7 Å². The number of hydrogen-bond acceptors (Lipinski definition) is 3. The summed E-state index contributed by atoms with van der Waals surface area (Å²) in [6.07, 6.45) is 7.94. The van der Waals surface area contributed by atoms with Gasteiger partial charge >= 0.3 is 0 Å². The number of fused-ring (bicyclic) bond motifs is 1. The number of benzene rings is 2. The van der Waals surface area contributed by atoms with Crippen LogP contribution in [0.25, 0.3) is 16.9 Å². The Hall–Kier alpha value is -2.80. The normalized spacial score (nSPS) is 14.1. The Morgan fingerprint density at radius 3 is 2.43 bits per heavy atom. The van der Waals surface area contributed by atoms with E-state index in [2.05, 4.69) is 32.2 Å². The Balaban J connectivity index is 1.73. The van der Waals surface area contributed by atoms with Gasteiger partial charge in [-0.1, -0.05) is 0 Å². The Bertz CT molecular complexity index is 1120. The number of imidazole rings is 1. The van der Waals surface area contributed by atoms with Crippen molar-refractivity contribution in [2.75, 3.05) is 17.6 Å². The third-order valence-electron chi connectivity index (χ3n) is 5.32. The Kier molecular flexibility index (Phi) is 5.81. The van der Waals surface area contributed by atoms with Crippen molar-refractivity contribution >= 4 is 15.7 Å². The monoisotopic (exact) mass is 426 g/mol. The molecule has 4 rings (SSSR count). The Morgan fingerprint density at radius 2 is 1.77 bits per heavy atom. The van der Waals surface area contributed by atoms with Crippen LogP contribution in [-0.4, -0.2) is 25.8 Å². The molecule has 0 aliphatic carbocycles. The molecule has 3 aromatic rings. The highest BCUT2D eigenvalue weighted by molar-refractivity contribution is 7.92. The van der Waals surface area contributed by atoms with Crippen molar-refractivity contribution in [3.63, 3.8) is 0 Å². The molecular weight excluding hydrogens is 398 g/mol. The molecule has 0 amide bonds. The summed E-state index contributed by atoms with van der Waals surface area (Å²) in [6.45, 7) is 3.62. The van der Waals surface area contributed by atoms with Gasteiger partial charge in [-0.15, -0.1) is 0 Å². The highest BCUT2D eigenvalue weighted by Crippen LogP contribution is 2.26. The maximum Gasteiger partial charge on any atom is 0.262 e. The van der Waals surface area contributed by atoms with Gasteiger partial charge in [0.2, 0.25) is 10.0 Å². The first-order valence-corrected chi connectivity index (χ1v) is 12.3. The van der Waals surface area contributed by atoms with Crippen molar-refractivity contribution in [2.24, 2.45) is 0 Å². The topological polar surface area (TPSA) is 64.2 Å². The Labute approximate surface area is 178 Å². The lowest BCUT2D eigenvalue weighted by Gasteiger charge is -2.06. The zero-order chi connectivity index (χ0) is 21.1. The molecule has 0 saturated carbocycles. The number of aromatic nitrogens is 2. The van der Waals surface area contributed by atoms with Crippen LogP contribution in [0, 0.1) is 0 Å². The predicted octanol–water partition coefficient (Wildman–Crippen LogP) is 3.93. The molecular formula is C23H28N3O3S+. The molecule has 0 bridgehead atoms. The highest BCUT2D eigenvalue weighted by atomic mass is 32.2. The molecule has 1 N–H and O–H groups in total. The lowest BCUT2D eigenvalue weighted by molar-refractivity contribution is -0.692. The molecule has 7 heteroatoms. The highest BCUT2D eigenvalue weighted by Gasteiger charge is 2.27. The fourth-order valence-electron chi connectivity index (χ4n) is 4.02. The Morgan fingerprint density at radius 1 is 1.03 bits per heavy atom. The molecule has 1 aromatic heterocycles. The summed E-state index contributed by atoms with van der Waals surface area (Å²) in [5.74, 6) is 2.17. The summed E-state index contributed by atoms with van der Waals surface area (Å²) in [5, 5.41) is 0. The van der Waals surface area contributed by atoms with Gasteiger partial charge in [0, 0.05) is 17.7 Å². The van der Waals surface area contributed by atoms with Crippen LogP contribution in [0.1, 0.15) is 32.0 Å². The largest absolute Gasteiger partial charge is 0.494 e. The van der Waals surface area contributed by atoms with E-state index in [-0.39, 0.29) is 0 Å². The second-order valence-electron chi connectivity index (χ2n) is 7.64. The van der Waals surface area contributed by atoms with Crippen LogP contribution in [0.3, 0.4) is 0 Å². The fourth-order valence-corrected chi connectivity index (χ4v) is 4.58. The van der Waals surface area contributed by atoms with Crippen molar-refractivity contribution in [1.29, 1.82) is 0 Å². The first-order valence-electron chi connectivity index (χ1n) is 10.4.